The van der Waals surface area contributed by atoms with Gasteiger partial charge in [-0.15, -0.1) is 0 Å². The van der Waals surface area contributed by atoms with Crippen molar-refractivity contribution in [3.63, 3.8) is 0 Å². The maximum Gasteiger partial charge on any atom is 0.128 e. The van der Waals surface area contributed by atoms with Crippen molar-refractivity contribution in [2.24, 2.45) is 5.92 Å². The maximum absolute atomic E-state index is 4.41. The van der Waals surface area contributed by atoms with Gasteiger partial charge in [-0.3, -0.25) is 0 Å². The van der Waals surface area contributed by atoms with Gasteiger partial charge in [0.05, 0.1) is 0 Å². The van der Waals surface area contributed by atoms with Crippen LogP contribution in [0.15, 0.2) is 18.2 Å². The van der Waals surface area contributed by atoms with Crippen LogP contribution in [-0.2, 0) is 0 Å². The minimum absolute atomic E-state index is 0.639. The summed E-state index contributed by atoms with van der Waals surface area (Å²) >= 11 is 0. The van der Waals surface area contributed by atoms with Gasteiger partial charge in [0.15, 0.2) is 0 Å². The highest BCUT2D eigenvalue weighted by atomic mass is 15.1. The summed E-state index contributed by atoms with van der Waals surface area (Å²) in [5.41, 5.74) is 0. The van der Waals surface area contributed by atoms with Crippen LogP contribution in [0.1, 0.15) is 20.8 Å². The van der Waals surface area contributed by atoms with Gasteiger partial charge in [0.25, 0.3) is 0 Å². The van der Waals surface area contributed by atoms with Crippen molar-refractivity contribution < 1.29 is 0 Å². The summed E-state index contributed by atoms with van der Waals surface area (Å²) in [7, 11) is 0. The standard InChI is InChI=1S/C11H19N3/c1-4-12-10-6-5-7-11(14-10)13-8-9(2)3/h5-7,9H,4,8H2,1-3H3,(H2,12,13,14). The molecule has 3 nitrogen and oxygen atoms in total. The van der Waals surface area contributed by atoms with Crippen LogP contribution >= 0.6 is 0 Å². The van der Waals surface area contributed by atoms with E-state index in [0.717, 1.165) is 24.7 Å². The van der Waals surface area contributed by atoms with Gasteiger partial charge in [0.1, 0.15) is 11.6 Å². The van der Waals surface area contributed by atoms with E-state index in [1.807, 2.05) is 18.2 Å². The smallest absolute Gasteiger partial charge is 0.128 e. The number of rotatable bonds is 5. The van der Waals surface area contributed by atoms with Crippen LogP contribution in [0.4, 0.5) is 11.6 Å². The largest absolute Gasteiger partial charge is 0.370 e. The van der Waals surface area contributed by atoms with E-state index in [4.69, 9.17) is 0 Å². The topological polar surface area (TPSA) is 37.0 Å². The van der Waals surface area contributed by atoms with E-state index in [9.17, 15) is 0 Å². The molecule has 0 saturated heterocycles. The fourth-order valence-electron chi connectivity index (χ4n) is 1.12. The summed E-state index contributed by atoms with van der Waals surface area (Å²) in [5, 5.41) is 6.48. The first-order valence-corrected chi connectivity index (χ1v) is 5.17. The lowest BCUT2D eigenvalue weighted by Crippen LogP contribution is -2.10. The highest BCUT2D eigenvalue weighted by molar-refractivity contribution is 5.44. The summed E-state index contributed by atoms with van der Waals surface area (Å²) in [5.74, 6) is 2.51. The number of nitrogens with one attached hydrogen (secondary N) is 2. The molecule has 1 rings (SSSR count). The van der Waals surface area contributed by atoms with E-state index in [-0.39, 0.29) is 0 Å². The summed E-state index contributed by atoms with van der Waals surface area (Å²) in [6.07, 6.45) is 0. The Kier molecular flexibility index (Phi) is 4.23. The average Bonchev–Trinajstić information content (AvgIpc) is 2.16. The molecule has 0 spiro atoms. The molecule has 0 aliphatic carbocycles. The number of pyridine rings is 1. The second-order valence-corrected chi connectivity index (χ2v) is 3.71. The van der Waals surface area contributed by atoms with Crippen molar-refractivity contribution in [2.45, 2.75) is 20.8 Å². The Morgan fingerprint density at radius 3 is 2.43 bits per heavy atom. The molecular weight excluding hydrogens is 174 g/mol. The summed E-state index contributed by atoms with van der Waals surface area (Å²) < 4.78 is 0. The normalized spacial score (nSPS) is 10.3. The minimum Gasteiger partial charge on any atom is -0.370 e. The molecule has 0 radical (unpaired) electrons. The zero-order valence-corrected chi connectivity index (χ0v) is 9.17. The SMILES string of the molecule is CCNc1cccc(NCC(C)C)n1. The minimum atomic E-state index is 0.639. The van der Waals surface area contributed by atoms with E-state index in [0.29, 0.717) is 5.92 Å². The molecule has 0 aliphatic rings. The Morgan fingerprint density at radius 1 is 1.21 bits per heavy atom. The van der Waals surface area contributed by atoms with E-state index in [1.54, 1.807) is 0 Å². The molecule has 0 amide bonds. The predicted molar refractivity (Wildman–Crippen MR) is 61.7 cm³/mol. The Balaban J connectivity index is 2.54. The quantitative estimate of drug-likeness (QED) is 0.754. The zero-order chi connectivity index (χ0) is 10.4. The van der Waals surface area contributed by atoms with Gasteiger partial charge < -0.3 is 10.6 Å². The van der Waals surface area contributed by atoms with Crippen LogP contribution in [-0.4, -0.2) is 18.1 Å². The van der Waals surface area contributed by atoms with Crippen LogP contribution in [0.2, 0.25) is 0 Å². The number of hydrogen-bond donors (Lipinski definition) is 2. The Morgan fingerprint density at radius 2 is 1.86 bits per heavy atom. The summed E-state index contributed by atoms with van der Waals surface area (Å²) in [6.45, 7) is 8.29. The van der Waals surface area contributed by atoms with Gasteiger partial charge in [-0.25, -0.2) is 4.98 Å². The Hall–Kier alpha value is -1.25. The maximum atomic E-state index is 4.41. The van der Waals surface area contributed by atoms with Crippen molar-refractivity contribution in [1.29, 1.82) is 0 Å². The monoisotopic (exact) mass is 193 g/mol. The van der Waals surface area contributed by atoms with E-state index >= 15 is 0 Å². The first kappa shape index (κ1) is 10.8. The molecule has 0 saturated carbocycles. The lowest BCUT2D eigenvalue weighted by Gasteiger charge is -2.09. The molecule has 2 N–H and O–H groups in total. The van der Waals surface area contributed by atoms with Crippen LogP contribution < -0.4 is 10.6 Å². The van der Waals surface area contributed by atoms with Gasteiger partial charge in [-0.2, -0.15) is 0 Å². The van der Waals surface area contributed by atoms with E-state index in [2.05, 4.69) is 36.4 Å². The molecule has 14 heavy (non-hydrogen) atoms. The second-order valence-electron chi connectivity index (χ2n) is 3.71. The molecule has 0 bridgehead atoms. The lowest BCUT2D eigenvalue weighted by atomic mass is 10.2. The zero-order valence-electron chi connectivity index (χ0n) is 9.17. The summed E-state index contributed by atoms with van der Waals surface area (Å²) in [4.78, 5) is 4.41. The van der Waals surface area contributed by atoms with Crippen molar-refractivity contribution in [3.05, 3.63) is 18.2 Å². The van der Waals surface area contributed by atoms with Crippen LogP contribution in [0, 0.1) is 5.92 Å². The van der Waals surface area contributed by atoms with Crippen molar-refractivity contribution in [3.8, 4) is 0 Å². The van der Waals surface area contributed by atoms with Gasteiger partial charge in [-0.05, 0) is 25.0 Å². The van der Waals surface area contributed by atoms with Crippen LogP contribution in [0.25, 0.3) is 0 Å². The fraction of sp³-hybridized carbons (Fsp3) is 0.545. The van der Waals surface area contributed by atoms with Crippen molar-refractivity contribution >= 4 is 11.6 Å². The predicted octanol–water partition coefficient (Wildman–Crippen LogP) is 2.58. The third-order valence-corrected chi connectivity index (χ3v) is 1.80. The molecule has 0 aromatic carbocycles. The second kappa shape index (κ2) is 5.47. The van der Waals surface area contributed by atoms with Gasteiger partial charge >= 0.3 is 0 Å². The van der Waals surface area contributed by atoms with E-state index in [1.165, 1.54) is 0 Å². The summed E-state index contributed by atoms with van der Waals surface area (Å²) in [6, 6.07) is 5.97. The molecule has 1 aromatic rings. The molecule has 0 aliphatic heterocycles. The van der Waals surface area contributed by atoms with Gasteiger partial charge in [0, 0.05) is 13.1 Å². The van der Waals surface area contributed by atoms with Crippen molar-refractivity contribution in [1.82, 2.24) is 4.98 Å². The number of anilines is 2. The average molecular weight is 193 g/mol. The van der Waals surface area contributed by atoms with Crippen LogP contribution in [0.5, 0.6) is 0 Å². The molecule has 1 aromatic heterocycles. The molecule has 0 unspecified atom stereocenters. The highest BCUT2D eigenvalue weighted by Gasteiger charge is 1.97. The first-order valence-electron chi connectivity index (χ1n) is 5.17. The lowest BCUT2D eigenvalue weighted by molar-refractivity contribution is 0.687. The number of nitrogens with zero attached hydrogens (tertiary/aromatic N) is 1. The molecule has 78 valence electrons. The number of aromatic nitrogens is 1. The molecule has 3 heteroatoms. The molecular formula is C11H19N3. The first-order chi connectivity index (χ1) is 6.72. The van der Waals surface area contributed by atoms with Gasteiger partial charge in [0.2, 0.25) is 0 Å². The highest BCUT2D eigenvalue weighted by Crippen LogP contribution is 2.09. The third-order valence-electron chi connectivity index (χ3n) is 1.80. The molecule has 0 fully saturated rings. The van der Waals surface area contributed by atoms with Crippen molar-refractivity contribution in [2.75, 3.05) is 23.7 Å². The number of hydrogen-bond acceptors (Lipinski definition) is 3. The Labute approximate surface area is 85.9 Å². The molecule has 0 atom stereocenters. The van der Waals surface area contributed by atoms with Crippen LogP contribution in [0.3, 0.4) is 0 Å². The Bertz CT molecular complexity index is 271. The van der Waals surface area contributed by atoms with Gasteiger partial charge in [-0.1, -0.05) is 19.9 Å². The van der Waals surface area contributed by atoms with E-state index < -0.39 is 0 Å². The third kappa shape index (κ3) is 3.64. The molecule has 1 heterocycles. The fourth-order valence-corrected chi connectivity index (χ4v) is 1.12.